The third-order valence-electron chi connectivity index (χ3n) is 4.01. The molecule has 5 heteroatoms. The lowest BCUT2D eigenvalue weighted by atomic mass is 9.78. The Bertz CT molecular complexity index is 433. The molecule has 2 N–H and O–H groups in total. The molecule has 1 aromatic heterocycles. The highest BCUT2D eigenvalue weighted by molar-refractivity contribution is 9.10. The zero-order chi connectivity index (χ0) is 13.9. The van der Waals surface area contributed by atoms with Gasteiger partial charge in [-0.15, -0.1) is 0 Å². The van der Waals surface area contributed by atoms with Crippen molar-refractivity contribution in [3.8, 4) is 0 Å². The quantitative estimate of drug-likeness (QED) is 0.856. The van der Waals surface area contributed by atoms with E-state index in [-0.39, 0.29) is 0 Å². The number of anilines is 1. The predicted octanol–water partition coefficient (Wildman–Crippen LogP) is 4.24. The van der Waals surface area contributed by atoms with Gasteiger partial charge in [0.2, 0.25) is 0 Å². The van der Waals surface area contributed by atoms with Gasteiger partial charge < -0.3 is 10.4 Å². The van der Waals surface area contributed by atoms with Crippen molar-refractivity contribution >= 4 is 33.3 Å². The van der Waals surface area contributed by atoms with Crippen LogP contribution in [0.5, 0.6) is 0 Å². The maximum absolute atomic E-state index is 10.6. The molecular weight excluding hydrogens is 328 g/mol. The average molecular weight is 348 g/mol. The Balaban J connectivity index is 1.91. The number of aromatic nitrogens is 1. The van der Waals surface area contributed by atoms with Gasteiger partial charge in [0, 0.05) is 12.7 Å². The lowest BCUT2D eigenvalue weighted by Crippen LogP contribution is -2.40. The van der Waals surface area contributed by atoms with E-state index >= 15 is 0 Å². The van der Waals surface area contributed by atoms with Gasteiger partial charge in [0.05, 0.1) is 15.1 Å². The van der Waals surface area contributed by atoms with Crippen molar-refractivity contribution in [2.75, 3.05) is 11.9 Å². The van der Waals surface area contributed by atoms with Crippen LogP contribution >= 0.6 is 27.5 Å². The lowest BCUT2D eigenvalue weighted by molar-refractivity contribution is 0.00222. The summed E-state index contributed by atoms with van der Waals surface area (Å²) in [4.78, 5) is 4.22. The van der Waals surface area contributed by atoms with Gasteiger partial charge in [0.1, 0.15) is 5.82 Å². The summed E-state index contributed by atoms with van der Waals surface area (Å²) in [5, 5.41) is 14.4. The second kappa shape index (κ2) is 6.42. The monoisotopic (exact) mass is 346 g/mol. The summed E-state index contributed by atoms with van der Waals surface area (Å²) in [6.07, 6.45) is 6.78. The van der Waals surface area contributed by atoms with E-state index in [1.807, 2.05) is 0 Å². The molecule has 3 nitrogen and oxygen atoms in total. The second-order valence-electron chi connectivity index (χ2n) is 5.41. The molecule has 1 aromatic rings. The number of aliphatic hydroxyl groups is 1. The van der Waals surface area contributed by atoms with Gasteiger partial charge in [-0.2, -0.15) is 0 Å². The number of nitrogens with one attached hydrogen (secondary N) is 1. The summed E-state index contributed by atoms with van der Waals surface area (Å²) >= 11 is 9.27. The number of halogens is 2. The SMILES string of the molecule is CCC1CCC(O)(CNc2ncc(Cl)cc2Br)CC1. The molecule has 1 aliphatic carbocycles. The molecule has 1 aliphatic rings. The minimum Gasteiger partial charge on any atom is -0.388 e. The van der Waals surface area contributed by atoms with Crippen LogP contribution in [0.25, 0.3) is 0 Å². The molecule has 0 atom stereocenters. The molecule has 0 saturated heterocycles. The van der Waals surface area contributed by atoms with Gasteiger partial charge >= 0.3 is 0 Å². The van der Waals surface area contributed by atoms with Gasteiger partial charge in [-0.1, -0.05) is 24.9 Å². The highest BCUT2D eigenvalue weighted by Crippen LogP contribution is 2.34. The van der Waals surface area contributed by atoms with Crippen molar-refractivity contribution in [1.82, 2.24) is 4.98 Å². The average Bonchev–Trinajstić information content (AvgIpc) is 2.39. The number of rotatable bonds is 4. The Morgan fingerprint density at radius 1 is 1.53 bits per heavy atom. The smallest absolute Gasteiger partial charge is 0.140 e. The first-order chi connectivity index (χ1) is 9.02. The van der Waals surface area contributed by atoms with Crippen molar-refractivity contribution in [3.63, 3.8) is 0 Å². The van der Waals surface area contributed by atoms with Crippen LogP contribution in [0.15, 0.2) is 16.7 Å². The van der Waals surface area contributed by atoms with Gasteiger partial charge in [-0.25, -0.2) is 4.98 Å². The number of hydrogen-bond donors (Lipinski definition) is 2. The van der Waals surface area contributed by atoms with Crippen LogP contribution in [0.4, 0.5) is 5.82 Å². The van der Waals surface area contributed by atoms with E-state index in [4.69, 9.17) is 11.6 Å². The van der Waals surface area contributed by atoms with E-state index in [0.29, 0.717) is 11.6 Å². The number of nitrogens with zero attached hydrogens (tertiary/aromatic N) is 1. The van der Waals surface area contributed by atoms with Crippen LogP contribution < -0.4 is 5.32 Å². The largest absolute Gasteiger partial charge is 0.388 e. The first-order valence-corrected chi connectivity index (χ1v) is 7.97. The zero-order valence-corrected chi connectivity index (χ0v) is 13.5. The van der Waals surface area contributed by atoms with E-state index in [9.17, 15) is 5.11 Å². The highest BCUT2D eigenvalue weighted by Gasteiger charge is 2.32. The molecule has 19 heavy (non-hydrogen) atoms. The van der Waals surface area contributed by atoms with Crippen LogP contribution in [0, 0.1) is 5.92 Å². The van der Waals surface area contributed by atoms with Gasteiger partial charge in [-0.3, -0.25) is 0 Å². The summed E-state index contributed by atoms with van der Waals surface area (Å²) in [6, 6.07) is 1.80. The molecule has 0 radical (unpaired) electrons. The molecule has 0 unspecified atom stereocenters. The van der Waals surface area contributed by atoms with Crippen molar-refractivity contribution in [3.05, 3.63) is 21.8 Å². The second-order valence-corrected chi connectivity index (χ2v) is 6.70. The molecule has 2 rings (SSSR count). The van der Waals surface area contributed by atoms with E-state index in [0.717, 1.165) is 41.9 Å². The van der Waals surface area contributed by atoms with Crippen LogP contribution in [-0.4, -0.2) is 22.2 Å². The van der Waals surface area contributed by atoms with Crippen molar-refractivity contribution in [2.24, 2.45) is 5.92 Å². The maximum Gasteiger partial charge on any atom is 0.140 e. The van der Waals surface area contributed by atoms with Crippen LogP contribution in [0.2, 0.25) is 5.02 Å². The Morgan fingerprint density at radius 3 is 2.79 bits per heavy atom. The fourth-order valence-corrected chi connectivity index (χ4v) is 3.37. The Kier molecular flexibility index (Phi) is 5.09. The van der Waals surface area contributed by atoms with E-state index in [2.05, 4.69) is 33.2 Å². The molecule has 0 aromatic carbocycles. The Hall–Kier alpha value is -0.320. The minimum absolute atomic E-state index is 0.538. The summed E-state index contributed by atoms with van der Waals surface area (Å²) < 4.78 is 0.825. The van der Waals surface area contributed by atoms with E-state index < -0.39 is 5.60 Å². The van der Waals surface area contributed by atoms with Crippen LogP contribution in [0.3, 0.4) is 0 Å². The zero-order valence-electron chi connectivity index (χ0n) is 11.1. The number of pyridine rings is 1. The normalized spacial score (nSPS) is 27.3. The van der Waals surface area contributed by atoms with E-state index in [1.165, 1.54) is 6.42 Å². The van der Waals surface area contributed by atoms with Gasteiger partial charge in [0.15, 0.2) is 0 Å². The molecule has 0 bridgehead atoms. The topological polar surface area (TPSA) is 45.1 Å². The Labute approximate surface area is 127 Å². The summed E-state index contributed by atoms with van der Waals surface area (Å²) in [5.74, 6) is 1.51. The van der Waals surface area contributed by atoms with Crippen molar-refractivity contribution < 1.29 is 5.11 Å². The first kappa shape index (κ1) is 15.1. The maximum atomic E-state index is 10.6. The van der Waals surface area contributed by atoms with Gasteiger partial charge in [0.25, 0.3) is 0 Å². The standard InChI is InChI=1S/C14H20BrClN2O/c1-2-10-3-5-14(19,6-4-10)9-18-13-12(15)7-11(16)8-17-13/h7-8,10,19H,2-6,9H2,1H3,(H,17,18). The highest BCUT2D eigenvalue weighted by atomic mass is 79.9. The molecule has 106 valence electrons. The van der Waals surface area contributed by atoms with Crippen molar-refractivity contribution in [1.29, 1.82) is 0 Å². The van der Waals surface area contributed by atoms with Gasteiger partial charge in [-0.05, 0) is 53.6 Å². The summed E-state index contributed by atoms with van der Waals surface area (Å²) in [7, 11) is 0. The predicted molar refractivity (Wildman–Crippen MR) is 82.6 cm³/mol. The van der Waals surface area contributed by atoms with Crippen molar-refractivity contribution in [2.45, 2.75) is 44.6 Å². The first-order valence-electron chi connectivity index (χ1n) is 6.80. The molecule has 0 aliphatic heterocycles. The lowest BCUT2D eigenvalue weighted by Gasteiger charge is -2.36. The molecule has 0 spiro atoms. The van der Waals surface area contributed by atoms with E-state index in [1.54, 1.807) is 12.3 Å². The Morgan fingerprint density at radius 2 is 2.21 bits per heavy atom. The number of hydrogen-bond acceptors (Lipinski definition) is 3. The third-order valence-corrected chi connectivity index (χ3v) is 4.82. The third kappa shape index (κ3) is 4.07. The van der Waals surface area contributed by atoms with Crippen LogP contribution in [-0.2, 0) is 0 Å². The summed E-state index contributed by atoms with van der Waals surface area (Å²) in [5.41, 5.74) is -0.605. The minimum atomic E-state index is -0.605. The molecule has 1 heterocycles. The fourth-order valence-electron chi connectivity index (χ4n) is 2.59. The fraction of sp³-hybridized carbons (Fsp3) is 0.643. The molecule has 1 fully saturated rings. The molecule has 1 saturated carbocycles. The molecule has 0 amide bonds. The summed E-state index contributed by atoms with van der Waals surface area (Å²) in [6.45, 7) is 2.76. The van der Waals surface area contributed by atoms with Crippen LogP contribution in [0.1, 0.15) is 39.0 Å². The molecular formula is C14H20BrClN2O.